The smallest absolute Gasteiger partial charge is 0.350 e. The molecule has 1 amide bonds. The van der Waals surface area contributed by atoms with E-state index in [0.717, 1.165) is 16.3 Å². The van der Waals surface area contributed by atoms with Crippen molar-refractivity contribution in [3.05, 3.63) is 44.9 Å². The minimum absolute atomic E-state index is 0.185. The molecule has 0 fully saturated rings. The zero-order chi connectivity index (χ0) is 21.0. The molecule has 0 bridgehead atoms. The van der Waals surface area contributed by atoms with E-state index in [0.29, 0.717) is 26.9 Å². The van der Waals surface area contributed by atoms with Crippen LogP contribution in [0, 0.1) is 13.8 Å². The van der Waals surface area contributed by atoms with Gasteiger partial charge in [-0.15, -0.1) is 22.7 Å². The number of thiophene rings is 1. The van der Waals surface area contributed by atoms with Gasteiger partial charge in [0.1, 0.15) is 21.2 Å². The zero-order valence-electron chi connectivity index (χ0n) is 15.9. The number of hydrogen-bond donors (Lipinski definition) is 1. The topological polar surface area (TPSA) is 108 Å². The van der Waals surface area contributed by atoms with Crippen LogP contribution in [0.25, 0.3) is 11.3 Å². The minimum Gasteiger partial charge on any atom is -0.464 e. The van der Waals surface area contributed by atoms with Gasteiger partial charge in [0.2, 0.25) is 0 Å². The Morgan fingerprint density at radius 1 is 1.21 bits per heavy atom. The highest BCUT2D eigenvalue weighted by atomic mass is 32.1. The fourth-order valence-corrected chi connectivity index (χ4v) is 4.32. The summed E-state index contributed by atoms with van der Waals surface area (Å²) in [6.07, 6.45) is 1.49. The molecule has 10 heteroatoms. The predicted molar refractivity (Wildman–Crippen MR) is 108 cm³/mol. The van der Waals surface area contributed by atoms with Gasteiger partial charge in [0.05, 0.1) is 23.6 Å². The van der Waals surface area contributed by atoms with E-state index in [1.54, 1.807) is 38.3 Å². The molecule has 3 rings (SSSR count). The Kier molecular flexibility index (Phi) is 6.45. The van der Waals surface area contributed by atoms with Crippen LogP contribution in [0.3, 0.4) is 0 Å². The summed E-state index contributed by atoms with van der Waals surface area (Å²) in [6.45, 7) is 4.87. The first kappa shape index (κ1) is 20.7. The SMILES string of the molecule is CCOC(=O)c1c(-c2ccco2)csc1NC(=O)COC(=O)c1sc(C)nc1C. The van der Waals surface area contributed by atoms with Crippen LogP contribution >= 0.6 is 22.7 Å². The Morgan fingerprint density at radius 2 is 2.00 bits per heavy atom. The number of hydrogen-bond acceptors (Lipinski definition) is 9. The number of esters is 2. The van der Waals surface area contributed by atoms with Gasteiger partial charge in [-0.25, -0.2) is 14.6 Å². The lowest BCUT2D eigenvalue weighted by Gasteiger charge is -2.08. The van der Waals surface area contributed by atoms with Crippen molar-refractivity contribution in [2.24, 2.45) is 0 Å². The van der Waals surface area contributed by atoms with E-state index in [9.17, 15) is 14.4 Å². The lowest BCUT2D eigenvalue weighted by molar-refractivity contribution is -0.119. The highest BCUT2D eigenvalue weighted by Crippen LogP contribution is 2.36. The van der Waals surface area contributed by atoms with Gasteiger partial charge in [0.15, 0.2) is 6.61 Å². The van der Waals surface area contributed by atoms with Crippen molar-refractivity contribution in [2.45, 2.75) is 20.8 Å². The van der Waals surface area contributed by atoms with Gasteiger partial charge >= 0.3 is 11.9 Å². The number of anilines is 1. The molecule has 29 heavy (non-hydrogen) atoms. The van der Waals surface area contributed by atoms with Crippen molar-refractivity contribution in [1.82, 2.24) is 4.98 Å². The van der Waals surface area contributed by atoms with E-state index in [4.69, 9.17) is 13.9 Å². The fourth-order valence-electron chi connectivity index (χ4n) is 2.55. The summed E-state index contributed by atoms with van der Waals surface area (Å²) in [6, 6.07) is 3.40. The second-order valence-corrected chi connectivity index (χ2v) is 7.91. The molecule has 0 aromatic carbocycles. The van der Waals surface area contributed by atoms with Crippen molar-refractivity contribution in [1.29, 1.82) is 0 Å². The molecular weight excluding hydrogens is 416 g/mol. The van der Waals surface area contributed by atoms with Crippen molar-refractivity contribution in [3.63, 3.8) is 0 Å². The largest absolute Gasteiger partial charge is 0.464 e. The molecule has 152 valence electrons. The number of ether oxygens (including phenoxy) is 2. The van der Waals surface area contributed by atoms with Crippen molar-refractivity contribution >= 4 is 45.5 Å². The van der Waals surface area contributed by atoms with Crippen LogP contribution < -0.4 is 5.32 Å². The average Bonchev–Trinajstić information content (AvgIpc) is 3.39. The van der Waals surface area contributed by atoms with Crippen molar-refractivity contribution in [2.75, 3.05) is 18.5 Å². The second-order valence-electron chi connectivity index (χ2n) is 5.82. The molecule has 0 saturated carbocycles. The highest BCUT2D eigenvalue weighted by Gasteiger charge is 2.24. The predicted octanol–water partition coefficient (Wildman–Crippen LogP) is 4.05. The molecule has 3 heterocycles. The van der Waals surface area contributed by atoms with Gasteiger partial charge in [-0.1, -0.05) is 0 Å². The van der Waals surface area contributed by atoms with E-state index in [1.807, 2.05) is 0 Å². The monoisotopic (exact) mass is 434 g/mol. The first-order valence-electron chi connectivity index (χ1n) is 8.64. The summed E-state index contributed by atoms with van der Waals surface area (Å²) in [4.78, 5) is 41.4. The molecule has 3 aromatic heterocycles. The maximum Gasteiger partial charge on any atom is 0.350 e. The maximum absolute atomic E-state index is 12.4. The molecule has 0 aliphatic heterocycles. The molecule has 0 atom stereocenters. The van der Waals surface area contributed by atoms with Gasteiger partial charge in [0, 0.05) is 10.9 Å². The summed E-state index contributed by atoms with van der Waals surface area (Å²) in [5.74, 6) is -1.29. The van der Waals surface area contributed by atoms with Gasteiger partial charge in [0.25, 0.3) is 5.91 Å². The third-order valence-corrected chi connectivity index (χ3v) is 5.68. The summed E-state index contributed by atoms with van der Waals surface area (Å²) < 4.78 is 15.5. The van der Waals surface area contributed by atoms with E-state index in [2.05, 4.69) is 10.3 Å². The van der Waals surface area contributed by atoms with Crippen LogP contribution in [0.2, 0.25) is 0 Å². The van der Waals surface area contributed by atoms with E-state index in [-0.39, 0.29) is 12.2 Å². The van der Waals surface area contributed by atoms with Gasteiger partial charge in [-0.3, -0.25) is 4.79 Å². The molecule has 0 radical (unpaired) electrons. The number of furan rings is 1. The van der Waals surface area contributed by atoms with Crippen LogP contribution in [0.15, 0.2) is 28.2 Å². The highest BCUT2D eigenvalue weighted by molar-refractivity contribution is 7.15. The Labute approximate surface area is 174 Å². The molecule has 3 aromatic rings. The number of nitrogens with zero attached hydrogens (tertiary/aromatic N) is 1. The Hall–Kier alpha value is -2.98. The average molecular weight is 434 g/mol. The number of aromatic nitrogens is 1. The molecule has 0 aliphatic carbocycles. The van der Waals surface area contributed by atoms with E-state index >= 15 is 0 Å². The quantitative estimate of drug-likeness (QED) is 0.559. The fraction of sp³-hybridized carbons (Fsp3) is 0.263. The lowest BCUT2D eigenvalue weighted by Crippen LogP contribution is -2.21. The Balaban J connectivity index is 1.72. The third kappa shape index (κ3) is 4.72. The summed E-state index contributed by atoms with van der Waals surface area (Å²) in [7, 11) is 0. The molecule has 0 spiro atoms. The molecule has 0 saturated heterocycles. The van der Waals surface area contributed by atoms with Crippen LogP contribution in [-0.4, -0.2) is 36.0 Å². The molecule has 1 N–H and O–H groups in total. The standard InChI is InChI=1S/C19H18N2O6S2/c1-4-25-18(23)15-12(13-6-5-7-26-13)9-28-17(15)21-14(22)8-27-19(24)16-10(2)20-11(3)29-16/h5-7,9H,4,8H2,1-3H3,(H,21,22). The maximum atomic E-state index is 12.4. The van der Waals surface area contributed by atoms with Gasteiger partial charge in [-0.2, -0.15) is 0 Å². The van der Waals surface area contributed by atoms with E-state index < -0.39 is 24.5 Å². The van der Waals surface area contributed by atoms with Gasteiger partial charge in [-0.05, 0) is 32.9 Å². The minimum atomic E-state index is -0.615. The summed E-state index contributed by atoms with van der Waals surface area (Å²) in [5, 5.41) is 5.33. The first-order chi connectivity index (χ1) is 13.9. The molecule has 0 unspecified atom stereocenters. The number of carbonyl (C=O) groups is 3. The number of carbonyl (C=O) groups excluding carboxylic acids is 3. The normalized spacial score (nSPS) is 10.6. The van der Waals surface area contributed by atoms with E-state index in [1.165, 1.54) is 17.6 Å². The number of nitrogens with one attached hydrogen (secondary N) is 1. The zero-order valence-corrected chi connectivity index (χ0v) is 17.6. The summed E-state index contributed by atoms with van der Waals surface area (Å²) in [5.41, 5.74) is 1.27. The van der Waals surface area contributed by atoms with Gasteiger partial charge < -0.3 is 19.2 Å². The van der Waals surface area contributed by atoms with Crippen LogP contribution in [0.4, 0.5) is 5.00 Å². The second kappa shape index (κ2) is 9.01. The molecule has 0 aliphatic rings. The lowest BCUT2D eigenvalue weighted by atomic mass is 10.1. The third-order valence-electron chi connectivity index (χ3n) is 3.73. The Morgan fingerprint density at radius 3 is 2.62 bits per heavy atom. The molecular formula is C19H18N2O6S2. The van der Waals surface area contributed by atoms with Crippen molar-refractivity contribution < 1.29 is 28.3 Å². The van der Waals surface area contributed by atoms with Crippen LogP contribution in [0.5, 0.6) is 0 Å². The first-order valence-corrected chi connectivity index (χ1v) is 10.3. The number of rotatable bonds is 7. The number of amides is 1. The molecule has 8 nitrogen and oxygen atoms in total. The van der Waals surface area contributed by atoms with Crippen LogP contribution in [0.1, 0.15) is 37.7 Å². The number of aryl methyl sites for hydroxylation is 2. The van der Waals surface area contributed by atoms with Crippen molar-refractivity contribution in [3.8, 4) is 11.3 Å². The number of thiazole rings is 1. The summed E-state index contributed by atoms with van der Waals surface area (Å²) >= 11 is 2.36. The van der Waals surface area contributed by atoms with Crippen LogP contribution in [-0.2, 0) is 14.3 Å². The Bertz CT molecular complexity index is 1040.